The molecule has 1 aromatic carbocycles. The Kier molecular flexibility index (Phi) is 6.51. The fraction of sp³-hybridized carbons (Fsp3) is 0.500. The monoisotopic (exact) mass is 235 g/mol. The summed E-state index contributed by atoms with van der Waals surface area (Å²) in [5.41, 5.74) is 2.36. The van der Waals surface area contributed by atoms with Crippen LogP contribution in [-0.2, 0) is 9.47 Å². The number of aliphatic imine (C=N–C) groups is 1. The summed E-state index contributed by atoms with van der Waals surface area (Å²) in [5, 5.41) is 0. The number of hydrogen-bond acceptors (Lipinski definition) is 3. The molecule has 0 fully saturated rings. The molecule has 0 bridgehead atoms. The van der Waals surface area contributed by atoms with E-state index < -0.39 is 0 Å². The van der Waals surface area contributed by atoms with Gasteiger partial charge in [0.2, 0.25) is 0 Å². The van der Waals surface area contributed by atoms with E-state index in [0.717, 1.165) is 5.56 Å². The highest BCUT2D eigenvalue weighted by molar-refractivity contribution is 5.81. The molecule has 0 atom stereocenters. The lowest BCUT2D eigenvalue weighted by atomic mass is 10.1. The first-order chi connectivity index (χ1) is 8.27. The minimum atomic E-state index is -0.231. The third-order valence-corrected chi connectivity index (χ3v) is 2.38. The molecular formula is C14H21NO2. The average Bonchev–Trinajstić information content (AvgIpc) is 2.32. The topological polar surface area (TPSA) is 30.8 Å². The van der Waals surface area contributed by atoms with Gasteiger partial charge in [0.15, 0.2) is 6.29 Å². The highest BCUT2D eigenvalue weighted by Crippen LogP contribution is 2.04. The van der Waals surface area contributed by atoms with Crippen molar-refractivity contribution in [3.63, 3.8) is 0 Å². The van der Waals surface area contributed by atoms with Crippen LogP contribution in [0.1, 0.15) is 25.0 Å². The predicted molar refractivity (Wildman–Crippen MR) is 70.7 cm³/mol. The van der Waals surface area contributed by atoms with Crippen LogP contribution < -0.4 is 0 Å². The van der Waals surface area contributed by atoms with Crippen LogP contribution in [0.15, 0.2) is 29.3 Å². The molecule has 0 aliphatic rings. The van der Waals surface area contributed by atoms with Crippen LogP contribution in [0.2, 0.25) is 0 Å². The Morgan fingerprint density at radius 2 is 1.82 bits per heavy atom. The van der Waals surface area contributed by atoms with Crippen molar-refractivity contribution < 1.29 is 9.47 Å². The van der Waals surface area contributed by atoms with Crippen molar-refractivity contribution in [3.05, 3.63) is 35.4 Å². The van der Waals surface area contributed by atoms with E-state index in [0.29, 0.717) is 19.8 Å². The molecule has 0 N–H and O–H groups in total. The molecule has 0 aromatic heterocycles. The van der Waals surface area contributed by atoms with Crippen LogP contribution in [0.5, 0.6) is 0 Å². The van der Waals surface area contributed by atoms with Crippen LogP contribution in [-0.4, -0.2) is 32.3 Å². The molecule has 1 rings (SSSR count). The Bertz CT molecular complexity index is 344. The molecule has 0 aliphatic carbocycles. The van der Waals surface area contributed by atoms with E-state index in [-0.39, 0.29) is 6.29 Å². The van der Waals surface area contributed by atoms with E-state index in [9.17, 15) is 0 Å². The maximum atomic E-state index is 5.41. The molecule has 0 saturated heterocycles. The fourth-order valence-electron chi connectivity index (χ4n) is 1.49. The van der Waals surface area contributed by atoms with Gasteiger partial charge in [0, 0.05) is 19.4 Å². The fourth-order valence-corrected chi connectivity index (χ4v) is 1.49. The Labute approximate surface area is 103 Å². The number of nitrogens with zero attached hydrogens (tertiary/aromatic N) is 1. The standard InChI is InChI=1S/C14H21NO2/c1-4-16-14(17-5-2)11-15-10-13-9-7-6-8-12(13)3/h6-10,14H,4-5,11H2,1-3H3. The Hall–Kier alpha value is -1.19. The van der Waals surface area contributed by atoms with Gasteiger partial charge in [-0.1, -0.05) is 24.3 Å². The molecule has 3 heteroatoms. The quantitative estimate of drug-likeness (QED) is 0.537. The number of ether oxygens (including phenoxy) is 2. The van der Waals surface area contributed by atoms with E-state index in [1.165, 1.54) is 5.56 Å². The lowest BCUT2D eigenvalue weighted by Gasteiger charge is -2.14. The van der Waals surface area contributed by atoms with E-state index in [1.54, 1.807) is 0 Å². The van der Waals surface area contributed by atoms with Crippen molar-refractivity contribution >= 4 is 6.21 Å². The second-order valence-electron chi connectivity index (χ2n) is 3.69. The molecule has 0 heterocycles. The SMILES string of the molecule is CCOC(CN=Cc1ccccc1C)OCC. The number of rotatable bonds is 7. The van der Waals surface area contributed by atoms with Gasteiger partial charge >= 0.3 is 0 Å². The van der Waals surface area contributed by atoms with Gasteiger partial charge in [-0.25, -0.2) is 0 Å². The highest BCUT2D eigenvalue weighted by atomic mass is 16.7. The van der Waals surface area contributed by atoms with E-state index in [1.807, 2.05) is 32.2 Å². The predicted octanol–water partition coefficient (Wildman–Crippen LogP) is 2.81. The number of benzene rings is 1. The zero-order valence-electron chi connectivity index (χ0n) is 10.8. The molecule has 0 amide bonds. The van der Waals surface area contributed by atoms with E-state index in [2.05, 4.69) is 24.0 Å². The molecular weight excluding hydrogens is 214 g/mol. The summed E-state index contributed by atoms with van der Waals surface area (Å²) in [4.78, 5) is 4.36. The Morgan fingerprint density at radius 3 is 2.41 bits per heavy atom. The highest BCUT2D eigenvalue weighted by Gasteiger charge is 2.05. The van der Waals surface area contributed by atoms with Crippen LogP contribution in [0, 0.1) is 6.92 Å². The van der Waals surface area contributed by atoms with E-state index in [4.69, 9.17) is 9.47 Å². The Morgan fingerprint density at radius 1 is 1.18 bits per heavy atom. The third-order valence-electron chi connectivity index (χ3n) is 2.38. The summed E-state index contributed by atoms with van der Waals surface area (Å²) in [5.74, 6) is 0. The van der Waals surface area contributed by atoms with Gasteiger partial charge < -0.3 is 9.47 Å². The average molecular weight is 235 g/mol. The first-order valence-electron chi connectivity index (χ1n) is 6.06. The van der Waals surface area contributed by atoms with Crippen LogP contribution in [0.3, 0.4) is 0 Å². The molecule has 0 saturated carbocycles. The van der Waals surface area contributed by atoms with Crippen molar-refractivity contribution in [2.45, 2.75) is 27.1 Å². The minimum Gasteiger partial charge on any atom is -0.351 e. The molecule has 1 aromatic rings. The summed E-state index contributed by atoms with van der Waals surface area (Å²) < 4.78 is 10.8. The van der Waals surface area contributed by atoms with E-state index >= 15 is 0 Å². The van der Waals surface area contributed by atoms with Crippen molar-refractivity contribution in [2.24, 2.45) is 4.99 Å². The maximum Gasteiger partial charge on any atom is 0.176 e. The molecule has 94 valence electrons. The molecule has 3 nitrogen and oxygen atoms in total. The summed E-state index contributed by atoms with van der Waals surface area (Å²) in [6, 6.07) is 8.16. The van der Waals surface area contributed by atoms with Crippen LogP contribution in [0.4, 0.5) is 0 Å². The number of hydrogen-bond donors (Lipinski definition) is 0. The van der Waals surface area contributed by atoms with Crippen LogP contribution in [0.25, 0.3) is 0 Å². The summed E-state index contributed by atoms with van der Waals surface area (Å²) in [6.07, 6.45) is 1.64. The van der Waals surface area contributed by atoms with Crippen LogP contribution >= 0.6 is 0 Å². The van der Waals surface area contributed by atoms with Crippen molar-refractivity contribution in [1.82, 2.24) is 0 Å². The number of aryl methyl sites for hydroxylation is 1. The maximum absolute atomic E-state index is 5.41. The largest absolute Gasteiger partial charge is 0.351 e. The van der Waals surface area contributed by atoms with Gasteiger partial charge in [-0.2, -0.15) is 0 Å². The van der Waals surface area contributed by atoms with Gasteiger partial charge in [-0.05, 0) is 31.9 Å². The second-order valence-corrected chi connectivity index (χ2v) is 3.69. The first kappa shape index (κ1) is 13.9. The summed E-state index contributed by atoms with van der Waals surface area (Å²) in [6.45, 7) is 7.81. The van der Waals surface area contributed by atoms with Gasteiger partial charge in [-0.3, -0.25) is 4.99 Å². The van der Waals surface area contributed by atoms with Gasteiger partial charge in [0.25, 0.3) is 0 Å². The zero-order chi connectivity index (χ0) is 12.5. The smallest absolute Gasteiger partial charge is 0.176 e. The van der Waals surface area contributed by atoms with Gasteiger partial charge in [0.1, 0.15) is 0 Å². The first-order valence-corrected chi connectivity index (χ1v) is 6.06. The third kappa shape index (κ3) is 5.11. The molecule has 0 spiro atoms. The van der Waals surface area contributed by atoms with Gasteiger partial charge in [0.05, 0.1) is 6.54 Å². The van der Waals surface area contributed by atoms with Gasteiger partial charge in [-0.15, -0.1) is 0 Å². The lowest BCUT2D eigenvalue weighted by molar-refractivity contribution is -0.128. The molecule has 0 aliphatic heterocycles. The summed E-state index contributed by atoms with van der Waals surface area (Å²) >= 11 is 0. The molecule has 0 radical (unpaired) electrons. The zero-order valence-corrected chi connectivity index (χ0v) is 10.8. The summed E-state index contributed by atoms with van der Waals surface area (Å²) in [7, 11) is 0. The normalized spacial score (nSPS) is 11.5. The Balaban J connectivity index is 2.50. The molecule has 17 heavy (non-hydrogen) atoms. The lowest BCUT2D eigenvalue weighted by Crippen LogP contribution is -2.20. The second kappa shape index (κ2) is 7.98. The molecule has 0 unspecified atom stereocenters. The van der Waals surface area contributed by atoms with Crippen molar-refractivity contribution in [3.8, 4) is 0 Å². The van der Waals surface area contributed by atoms with Crippen molar-refractivity contribution in [1.29, 1.82) is 0 Å². The minimum absolute atomic E-state index is 0.231. The van der Waals surface area contributed by atoms with Crippen molar-refractivity contribution in [2.75, 3.05) is 19.8 Å².